The molecule has 0 radical (unpaired) electrons. The number of nitrogens with zero attached hydrogens (tertiary/aromatic N) is 3. The van der Waals surface area contributed by atoms with Gasteiger partial charge in [0.1, 0.15) is 5.54 Å². The highest BCUT2D eigenvalue weighted by molar-refractivity contribution is 5.93. The number of hydrogen-bond donors (Lipinski definition) is 0. The number of rotatable bonds is 6. The molecule has 2 heterocycles. The Kier molecular flexibility index (Phi) is 7.01. The molecule has 192 valence electrons. The average molecular weight is 494 g/mol. The van der Waals surface area contributed by atoms with Gasteiger partial charge < -0.3 is 9.80 Å². The van der Waals surface area contributed by atoms with Crippen molar-refractivity contribution in [1.82, 2.24) is 9.80 Å². The Labute approximate surface area is 221 Å². The molecule has 0 aromatic heterocycles. The highest BCUT2D eigenvalue weighted by Crippen LogP contribution is 2.42. The number of likely N-dealkylation sites (tertiary alicyclic amines) is 1. The van der Waals surface area contributed by atoms with Gasteiger partial charge in [-0.2, -0.15) is 0 Å². The standard InChI is InChI=1S/C33H39N3O/c37-32-33(36(30-19-11-4-12-20-30)26-35(32)25-27-13-5-1-6-14-27)21-23-34(24-22-33)31(28-15-7-2-8-16-28)29-17-9-3-10-18-29/h2-4,7-12,15-20,27,31H,1,5-6,13-14,21-26H2. The zero-order valence-electron chi connectivity index (χ0n) is 21.8. The van der Waals surface area contributed by atoms with E-state index in [0.717, 1.165) is 39.1 Å². The Morgan fingerprint density at radius 1 is 0.730 bits per heavy atom. The van der Waals surface area contributed by atoms with E-state index >= 15 is 0 Å². The van der Waals surface area contributed by atoms with Gasteiger partial charge in [0, 0.05) is 25.3 Å². The number of amides is 1. The van der Waals surface area contributed by atoms with Crippen molar-refractivity contribution in [2.75, 3.05) is 31.2 Å². The minimum absolute atomic E-state index is 0.208. The van der Waals surface area contributed by atoms with Gasteiger partial charge in [-0.15, -0.1) is 0 Å². The molecule has 4 nitrogen and oxygen atoms in total. The first-order valence-corrected chi connectivity index (χ1v) is 14.2. The molecule has 37 heavy (non-hydrogen) atoms. The van der Waals surface area contributed by atoms with Gasteiger partial charge in [-0.25, -0.2) is 0 Å². The third-order valence-corrected chi connectivity index (χ3v) is 9.01. The van der Waals surface area contributed by atoms with Crippen molar-refractivity contribution >= 4 is 11.6 Å². The lowest BCUT2D eigenvalue weighted by Crippen LogP contribution is -2.57. The van der Waals surface area contributed by atoms with Crippen LogP contribution in [-0.2, 0) is 4.79 Å². The van der Waals surface area contributed by atoms with Crippen molar-refractivity contribution in [2.24, 2.45) is 5.92 Å². The normalized spacial score (nSPS) is 20.7. The number of benzene rings is 3. The van der Waals surface area contributed by atoms with Crippen LogP contribution in [0.4, 0.5) is 5.69 Å². The molecular weight excluding hydrogens is 454 g/mol. The lowest BCUT2D eigenvalue weighted by Gasteiger charge is -2.45. The molecule has 1 saturated carbocycles. The van der Waals surface area contributed by atoms with E-state index in [1.807, 2.05) is 0 Å². The third-order valence-electron chi connectivity index (χ3n) is 9.01. The van der Waals surface area contributed by atoms with Crippen molar-refractivity contribution in [3.63, 3.8) is 0 Å². The van der Waals surface area contributed by atoms with Crippen LogP contribution in [0.25, 0.3) is 0 Å². The number of anilines is 1. The summed E-state index contributed by atoms with van der Waals surface area (Å²) in [5.41, 5.74) is 3.38. The van der Waals surface area contributed by atoms with Gasteiger partial charge >= 0.3 is 0 Å². The Hall–Kier alpha value is -3.11. The Morgan fingerprint density at radius 2 is 1.27 bits per heavy atom. The SMILES string of the molecule is O=C1N(CC2CCCCC2)CN(c2ccccc2)C12CCN(C(c1ccccc1)c1ccccc1)CC2. The summed E-state index contributed by atoms with van der Waals surface area (Å²) in [5.74, 6) is 1.02. The van der Waals surface area contributed by atoms with Crippen LogP contribution in [0.2, 0.25) is 0 Å². The van der Waals surface area contributed by atoms with E-state index in [9.17, 15) is 4.79 Å². The monoisotopic (exact) mass is 493 g/mol. The summed E-state index contributed by atoms with van der Waals surface area (Å²) in [4.78, 5) is 21.5. The van der Waals surface area contributed by atoms with Crippen LogP contribution in [-0.4, -0.2) is 47.5 Å². The highest BCUT2D eigenvalue weighted by atomic mass is 16.2. The zero-order valence-corrected chi connectivity index (χ0v) is 21.8. The summed E-state index contributed by atoms with van der Waals surface area (Å²) in [6.45, 7) is 3.45. The summed E-state index contributed by atoms with van der Waals surface area (Å²) in [6, 6.07) is 32.5. The fraction of sp³-hybridized carbons (Fsp3) is 0.424. The van der Waals surface area contributed by atoms with Gasteiger partial charge in [0.2, 0.25) is 5.91 Å². The quantitative estimate of drug-likeness (QED) is 0.392. The first kappa shape index (κ1) is 24.2. The van der Waals surface area contributed by atoms with Crippen LogP contribution in [0.1, 0.15) is 62.1 Å². The summed E-state index contributed by atoms with van der Waals surface area (Å²) in [6.07, 6.45) is 8.24. The molecular formula is C33H39N3O. The first-order valence-electron chi connectivity index (χ1n) is 14.2. The second-order valence-corrected chi connectivity index (χ2v) is 11.2. The van der Waals surface area contributed by atoms with E-state index in [1.165, 1.54) is 48.9 Å². The average Bonchev–Trinajstić information content (AvgIpc) is 3.22. The van der Waals surface area contributed by atoms with Gasteiger partial charge in [-0.1, -0.05) is 98.1 Å². The van der Waals surface area contributed by atoms with E-state index in [0.29, 0.717) is 11.8 Å². The van der Waals surface area contributed by atoms with E-state index < -0.39 is 5.54 Å². The lowest BCUT2D eigenvalue weighted by molar-refractivity contribution is -0.134. The number of hydrogen-bond acceptors (Lipinski definition) is 3. The van der Waals surface area contributed by atoms with Gasteiger partial charge in [0.25, 0.3) is 0 Å². The fourth-order valence-corrected chi connectivity index (χ4v) is 7.06. The molecule has 3 fully saturated rings. The van der Waals surface area contributed by atoms with Crippen LogP contribution >= 0.6 is 0 Å². The maximum Gasteiger partial charge on any atom is 0.250 e. The molecule has 2 saturated heterocycles. The van der Waals surface area contributed by atoms with Crippen LogP contribution in [0.5, 0.6) is 0 Å². The van der Waals surface area contributed by atoms with Crippen molar-refractivity contribution in [3.05, 3.63) is 102 Å². The molecule has 0 bridgehead atoms. The lowest BCUT2D eigenvalue weighted by atomic mass is 9.83. The predicted octanol–water partition coefficient (Wildman–Crippen LogP) is 6.50. The smallest absolute Gasteiger partial charge is 0.250 e. The second kappa shape index (κ2) is 10.7. The highest BCUT2D eigenvalue weighted by Gasteiger charge is 2.54. The minimum Gasteiger partial charge on any atom is -0.339 e. The van der Waals surface area contributed by atoms with Crippen molar-refractivity contribution in [1.29, 1.82) is 0 Å². The van der Waals surface area contributed by atoms with E-state index in [4.69, 9.17) is 0 Å². The third kappa shape index (κ3) is 4.80. The fourth-order valence-electron chi connectivity index (χ4n) is 7.06. The predicted molar refractivity (Wildman–Crippen MR) is 150 cm³/mol. The van der Waals surface area contributed by atoms with Crippen molar-refractivity contribution in [2.45, 2.75) is 56.5 Å². The molecule has 3 aromatic rings. The molecule has 0 atom stereocenters. The van der Waals surface area contributed by atoms with Crippen LogP contribution in [0.15, 0.2) is 91.0 Å². The topological polar surface area (TPSA) is 26.8 Å². The number of carbonyl (C=O) groups excluding carboxylic acids is 1. The summed E-state index contributed by atoms with van der Waals surface area (Å²) < 4.78 is 0. The van der Waals surface area contributed by atoms with E-state index in [1.54, 1.807) is 0 Å². The van der Waals surface area contributed by atoms with Crippen molar-refractivity contribution in [3.8, 4) is 0 Å². The molecule has 6 rings (SSSR count). The molecule has 4 heteroatoms. The molecule has 1 amide bonds. The number of piperidine rings is 1. The molecule has 3 aliphatic rings. The molecule has 0 N–H and O–H groups in total. The Morgan fingerprint density at radius 3 is 1.84 bits per heavy atom. The first-order chi connectivity index (χ1) is 18.2. The van der Waals surface area contributed by atoms with Gasteiger partial charge in [-0.05, 0) is 54.9 Å². The number of para-hydroxylation sites is 1. The number of carbonyl (C=O) groups is 1. The van der Waals surface area contributed by atoms with Crippen LogP contribution in [0.3, 0.4) is 0 Å². The van der Waals surface area contributed by atoms with Crippen LogP contribution in [0, 0.1) is 5.92 Å². The van der Waals surface area contributed by atoms with Crippen molar-refractivity contribution < 1.29 is 4.79 Å². The Balaban J connectivity index is 1.27. The van der Waals surface area contributed by atoms with Gasteiger partial charge in [0.15, 0.2) is 0 Å². The maximum absolute atomic E-state index is 14.2. The van der Waals surface area contributed by atoms with E-state index in [2.05, 4.69) is 106 Å². The minimum atomic E-state index is -0.440. The maximum atomic E-state index is 14.2. The van der Waals surface area contributed by atoms with Gasteiger partial charge in [-0.3, -0.25) is 9.69 Å². The zero-order chi connectivity index (χ0) is 25.1. The summed E-state index contributed by atoms with van der Waals surface area (Å²) in [5, 5.41) is 0. The largest absolute Gasteiger partial charge is 0.339 e. The Bertz CT molecular complexity index is 1110. The van der Waals surface area contributed by atoms with Gasteiger partial charge in [0.05, 0.1) is 12.7 Å². The molecule has 0 unspecified atom stereocenters. The molecule has 2 aliphatic heterocycles. The molecule has 1 aliphatic carbocycles. The summed E-state index contributed by atoms with van der Waals surface area (Å²) in [7, 11) is 0. The molecule has 3 aromatic carbocycles. The summed E-state index contributed by atoms with van der Waals surface area (Å²) >= 11 is 0. The molecule has 1 spiro atoms. The van der Waals surface area contributed by atoms with E-state index in [-0.39, 0.29) is 6.04 Å². The van der Waals surface area contributed by atoms with Crippen LogP contribution < -0.4 is 4.90 Å². The second-order valence-electron chi connectivity index (χ2n) is 11.2.